The summed E-state index contributed by atoms with van der Waals surface area (Å²) in [6.45, 7) is 0. The van der Waals surface area contributed by atoms with Crippen LogP contribution in [0.3, 0.4) is 0 Å². The Hall–Kier alpha value is -1.62. The molecule has 1 aliphatic carbocycles. The minimum absolute atomic E-state index is 0.431. The Morgan fingerprint density at radius 2 is 2.19 bits per heavy atom. The largest absolute Gasteiger partial charge is 0.398 e. The second-order valence-electron chi connectivity index (χ2n) is 3.91. The fraction of sp³-hybridized carbons (Fsp3) is 0.300. The van der Waals surface area contributed by atoms with Crippen LogP contribution in [0.4, 0.5) is 5.69 Å². The standard InChI is InChI=1S/C10H10ClN5/c11-6-1-4-8(9(12)5-6)10-13-14-15-16(10)7-2-3-7/h1,4-5,7H,2-3,12H2. The number of nitrogens with zero attached hydrogens (tertiary/aromatic N) is 4. The molecular weight excluding hydrogens is 226 g/mol. The number of anilines is 1. The van der Waals surface area contributed by atoms with Gasteiger partial charge in [-0.15, -0.1) is 5.10 Å². The molecule has 1 saturated carbocycles. The number of nitrogen functional groups attached to an aromatic ring is 1. The van der Waals surface area contributed by atoms with Crippen LogP contribution in [0, 0.1) is 0 Å². The Morgan fingerprint density at radius 1 is 1.38 bits per heavy atom. The molecule has 3 rings (SSSR count). The summed E-state index contributed by atoms with van der Waals surface area (Å²) in [7, 11) is 0. The van der Waals surface area contributed by atoms with Crippen LogP contribution < -0.4 is 5.73 Å². The lowest BCUT2D eigenvalue weighted by molar-refractivity contribution is 0.615. The lowest BCUT2D eigenvalue weighted by Gasteiger charge is -2.05. The molecule has 0 unspecified atom stereocenters. The lowest BCUT2D eigenvalue weighted by atomic mass is 10.1. The van der Waals surface area contributed by atoms with Crippen molar-refractivity contribution in [3.05, 3.63) is 23.2 Å². The van der Waals surface area contributed by atoms with E-state index in [1.54, 1.807) is 12.1 Å². The van der Waals surface area contributed by atoms with Crippen LogP contribution in [0.15, 0.2) is 18.2 Å². The van der Waals surface area contributed by atoms with Crippen molar-refractivity contribution in [2.45, 2.75) is 18.9 Å². The van der Waals surface area contributed by atoms with Gasteiger partial charge in [0.05, 0.1) is 6.04 Å². The Kier molecular flexibility index (Phi) is 2.07. The van der Waals surface area contributed by atoms with E-state index in [1.807, 2.05) is 10.7 Å². The number of rotatable bonds is 2. The smallest absolute Gasteiger partial charge is 0.184 e. The van der Waals surface area contributed by atoms with Crippen LogP contribution in [-0.4, -0.2) is 20.2 Å². The first kappa shape index (κ1) is 9.59. The second kappa shape index (κ2) is 3.45. The Morgan fingerprint density at radius 3 is 2.88 bits per heavy atom. The number of nitrogens with two attached hydrogens (primary N) is 1. The third-order valence-corrected chi connectivity index (χ3v) is 2.88. The summed E-state index contributed by atoms with van der Waals surface area (Å²) in [6.07, 6.45) is 2.26. The first-order chi connectivity index (χ1) is 7.75. The summed E-state index contributed by atoms with van der Waals surface area (Å²) < 4.78 is 1.83. The highest BCUT2D eigenvalue weighted by Gasteiger charge is 2.28. The molecule has 0 bridgehead atoms. The van der Waals surface area contributed by atoms with E-state index in [2.05, 4.69) is 15.5 Å². The first-order valence-electron chi connectivity index (χ1n) is 5.09. The lowest BCUT2D eigenvalue weighted by Crippen LogP contribution is -2.01. The number of tetrazole rings is 1. The van der Waals surface area contributed by atoms with Gasteiger partial charge in [0, 0.05) is 16.3 Å². The summed E-state index contributed by atoms with van der Waals surface area (Å²) in [5.41, 5.74) is 7.34. The van der Waals surface area contributed by atoms with E-state index in [4.69, 9.17) is 17.3 Å². The second-order valence-corrected chi connectivity index (χ2v) is 4.35. The molecule has 5 nitrogen and oxygen atoms in total. The number of hydrogen-bond acceptors (Lipinski definition) is 4. The molecule has 0 aliphatic heterocycles. The molecule has 0 amide bonds. The van der Waals surface area contributed by atoms with Gasteiger partial charge in [0.15, 0.2) is 5.82 Å². The highest BCUT2D eigenvalue weighted by atomic mass is 35.5. The third-order valence-electron chi connectivity index (χ3n) is 2.64. The minimum atomic E-state index is 0.431. The van der Waals surface area contributed by atoms with Crippen LogP contribution in [0.1, 0.15) is 18.9 Å². The van der Waals surface area contributed by atoms with Crippen molar-refractivity contribution in [2.75, 3.05) is 5.73 Å². The van der Waals surface area contributed by atoms with Gasteiger partial charge in [-0.1, -0.05) is 11.6 Å². The molecule has 6 heteroatoms. The predicted molar refractivity (Wildman–Crippen MR) is 60.9 cm³/mol. The van der Waals surface area contributed by atoms with Crippen molar-refractivity contribution in [1.29, 1.82) is 0 Å². The minimum Gasteiger partial charge on any atom is -0.398 e. The molecule has 0 saturated heterocycles. The van der Waals surface area contributed by atoms with Crippen molar-refractivity contribution in [3.63, 3.8) is 0 Å². The summed E-state index contributed by atoms with van der Waals surface area (Å²) in [6, 6.07) is 5.78. The van der Waals surface area contributed by atoms with E-state index in [0.29, 0.717) is 16.8 Å². The van der Waals surface area contributed by atoms with Crippen LogP contribution in [0.25, 0.3) is 11.4 Å². The maximum Gasteiger partial charge on any atom is 0.184 e. The van der Waals surface area contributed by atoms with Crippen molar-refractivity contribution >= 4 is 17.3 Å². The monoisotopic (exact) mass is 235 g/mol. The highest BCUT2D eigenvalue weighted by molar-refractivity contribution is 6.31. The molecular formula is C10H10ClN5. The van der Waals surface area contributed by atoms with E-state index in [1.165, 1.54) is 0 Å². The Labute approximate surface area is 97.2 Å². The molecule has 82 valence electrons. The van der Waals surface area contributed by atoms with Crippen molar-refractivity contribution in [3.8, 4) is 11.4 Å². The maximum atomic E-state index is 5.91. The quantitative estimate of drug-likeness (QED) is 0.808. The van der Waals surface area contributed by atoms with Gasteiger partial charge < -0.3 is 5.73 Å². The Balaban J connectivity index is 2.10. The average molecular weight is 236 g/mol. The van der Waals surface area contributed by atoms with Gasteiger partial charge >= 0.3 is 0 Å². The zero-order valence-corrected chi connectivity index (χ0v) is 9.22. The summed E-state index contributed by atoms with van der Waals surface area (Å²) in [5, 5.41) is 12.3. The summed E-state index contributed by atoms with van der Waals surface area (Å²) in [5.74, 6) is 0.719. The number of hydrogen-bond donors (Lipinski definition) is 1. The van der Waals surface area contributed by atoms with Gasteiger partial charge in [-0.25, -0.2) is 4.68 Å². The molecule has 1 fully saturated rings. The van der Waals surface area contributed by atoms with Gasteiger partial charge in [-0.05, 0) is 41.5 Å². The highest BCUT2D eigenvalue weighted by Crippen LogP contribution is 2.37. The fourth-order valence-corrected chi connectivity index (χ4v) is 1.85. The van der Waals surface area contributed by atoms with Gasteiger partial charge in [0.2, 0.25) is 0 Å². The van der Waals surface area contributed by atoms with Gasteiger partial charge in [-0.2, -0.15) is 0 Å². The van der Waals surface area contributed by atoms with E-state index in [-0.39, 0.29) is 0 Å². The van der Waals surface area contributed by atoms with E-state index in [9.17, 15) is 0 Å². The number of aromatic nitrogens is 4. The zero-order valence-electron chi connectivity index (χ0n) is 8.47. The maximum absolute atomic E-state index is 5.91. The molecule has 1 heterocycles. The van der Waals surface area contributed by atoms with E-state index in [0.717, 1.165) is 24.2 Å². The van der Waals surface area contributed by atoms with Crippen molar-refractivity contribution in [2.24, 2.45) is 0 Å². The predicted octanol–water partition coefficient (Wildman–Crippen LogP) is 1.91. The van der Waals surface area contributed by atoms with Crippen molar-refractivity contribution in [1.82, 2.24) is 20.2 Å². The average Bonchev–Trinajstić information content (AvgIpc) is 2.98. The molecule has 0 spiro atoms. The van der Waals surface area contributed by atoms with Crippen LogP contribution in [-0.2, 0) is 0 Å². The van der Waals surface area contributed by atoms with Crippen molar-refractivity contribution < 1.29 is 0 Å². The van der Waals surface area contributed by atoms with Gasteiger partial charge in [0.1, 0.15) is 0 Å². The summed E-state index contributed by atoms with van der Waals surface area (Å²) >= 11 is 5.85. The first-order valence-corrected chi connectivity index (χ1v) is 5.47. The topological polar surface area (TPSA) is 69.6 Å². The fourth-order valence-electron chi connectivity index (χ4n) is 1.67. The van der Waals surface area contributed by atoms with E-state index < -0.39 is 0 Å². The normalized spacial score (nSPS) is 15.3. The van der Waals surface area contributed by atoms with Crippen LogP contribution in [0.2, 0.25) is 5.02 Å². The van der Waals surface area contributed by atoms with Crippen LogP contribution in [0.5, 0.6) is 0 Å². The number of halogens is 1. The van der Waals surface area contributed by atoms with E-state index >= 15 is 0 Å². The SMILES string of the molecule is Nc1cc(Cl)ccc1-c1nnnn1C1CC1. The van der Waals surface area contributed by atoms with Gasteiger partial charge in [0.25, 0.3) is 0 Å². The molecule has 1 aromatic heterocycles. The molecule has 2 N–H and O–H groups in total. The Bertz CT molecular complexity index is 532. The molecule has 2 aromatic rings. The zero-order chi connectivity index (χ0) is 11.1. The molecule has 1 aromatic carbocycles. The summed E-state index contributed by atoms with van der Waals surface area (Å²) in [4.78, 5) is 0. The molecule has 1 aliphatic rings. The number of benzene rings is 1. The molecule has 16 heavy (non-hydrogen) atoms. The molecule has 0 atom stereocenters. The van der Waals surface area contributed by atoms with Crippen LogP contribution >= 0.6 is 11.6 Å². The molecule has 0 radical (unpaired) electrons. The van der Waals surface area contributed by atoms with Gasteiger partial charge in [-0.3, -0.25) is 0 Å². The third kappa shape index (κ3) is 1.53.